The number of aryl methyl sites for hydroxylation is 1. The van der Waals surface area contributed by atoms with Crippen molar-refractivity contribution < 1.29 is 0 Å². The zero-order chi connectivity index (χ0) is 31.9. The van der Waals surface area contributed by atoms with Crippen LogP contribution in [0.3, 0.4) is 0 Å². The zero-order valence-electron chi connectivity index (χ0n) is 26.5. The minimum absolute atomic E-state index is 0.473. The molecule has 1 heterocycles. The Kier molecular flexibility index (Phi) is 9.29. The van der Waals surface area contributed by atoms with E-state index in [1.165, 1.54) is 60.7 Å². The molecule has 1 aliphatic rings. The topological polar surface area (TPSA) is 29.0 Å². The van der Waals surface area contributed by atoms with E-state index in [0.29, 0.717) is 6.54 Å². The third-order valence-electron chi connectivity index (χ3n) is 8.38. The molecule has 2 heteroatoms. The number of nitrogens with two attached hydrogens (primary N) is 1. The van der Waals surface area contributed by atoms with Crippen LogP contribution in [0, 0.1) is 6.92 Å². The highest BCUT2D eigenvalue weighted by molar-refractivity contribution is 6.10. The molecule has 0 amide bonds. The van der Waals surface area contributed by atoms with Crippen molar-refractivity contribution in [1.82, 2.24) is 4.58 Å². The molecule has 2 nitrogen and oxygen atoms in total. The lowest BCUT2D eigenvalue weighted by Crippen LogP contribution is -2.03. The van der Waals surface area contributed by atoms with Crippen LogP contribution in [0.2, 0.25) is 0 Å². The Bertz CT molecular complexity index is 2160. The average molecular weight is 596 g/mol. The summed E-state index contributed by atoms with van der Waals surface area (Å²) in [5.74, 6) is 0. The van der Waals surface area contributed by atoms with E-state index in [1.54, 1.807) is 6.08 Å². The standard InChI is InChI=1S/C37H31N2.C7H8/c1-3-5-6-9-22-39-36-24-29(32-15-10-13-26-12-7-8-14-31(26)32)17-20-34(36)35-21-18-28-23-27(30(25-38)11-4-2)16-19-33(28)37(35)39;1-7-5-3-2-4-6-7/h3-24H,2,25,38H2,1H3;2-6H,1H3/q+1;/b5-3-,9-6-,30-11+,39-22?;. The maximum atomic E-state index is 6.04. The predicted molar refractivity (Wildman–Crippen MR) is 202 cm³/mol. The van der Waals surface area contributed by atoms with Crippen molar-refractivity contribution in [1.29, 1.82) is 0 Å². The molecule has 0 fully saturated rings. The first-order valence-corrected chi connectivity index (χ1v) is 15.8. The number of allylic oxidation sites excluding steroid dienone is 6. The number of hydrogen-bond donors (Lipinski definition) is 1. The van der Waals surface area contributed by atoms with Gasteiger partial charge in [-0.25, -0.2) is 0 Å². The highest BCUT2D eigenvalue weighted by Crippen LogP contribution is 2.49. The molecule has 0 saturated carbocycles. The predicted octanol–water partition coefficient (Wildman–Crippen LogP) is 11.2. The van der Waals surface area contributed by atoms with Crippen LogP contribution in [-0.2, 0) is 0 Å². The summed E-state index contributed by atoms with van der Waals surface area (Å²) in [5.41, 5.74) is 16.9. The van der Waals surface area contributed by atoms with Gasteiger partial charge in [0.05, 0.1) is 16.5 Å². The van der Waals surface area contributed by atoms with E-state index in [4.69, 9.17) is 5.73 Å². The Hall–Kier alpha value is -5.57. The second kappa shape index (κ2) is 14.0. The summed E-state index contributed by atoms with van der Waals surface area (Å²) in [6, 6.07) is 43.3. The van der Waals surface area contributed by atoms with E-state index < -0.39 is 0 Å². The maximum Gasteiger partial charge on any atom is 0.227 e. The molecule has 1 aliphatic heterocycles. The van der Waals surface area contributed by atoms with Gasteiger partial charge in [-0.1, -0.05) is 134 Å². The van der Waals surface area contributed by atoms with Crippen molar-refractivity contribution in [2.75, 3.05) is 6.54 Å². The van der Waals surface area contributed by atoms with Gasteiger partial charge in [0.25, 0.3) is 0 Å². The summed E-state index contributed by atoms with van der Waals surface area (Å²) in [6.45, 7) is 8.44. The van der Waals surface area contributed by atoms with Crippen molar-refractivity contribution in [3.05, 3.63) is 175 Å². The Morgan fingerprint density at radius 1 is 0.696 bits per heavy atom. The summed E-state index contributed by atoms with van der Waals surface area (Å²) in [5, 5.41) is 4.92. The maximum absolute atomic E-state index is 6.04. The van der Waals surface area contributed by atoms with Gasteiger partial charge in [-0.15, -0.1) is 0 Å². The minimum Gasteiger partial charge on any atom is -0.326 e. The van der Waals surface area contributed by atoms with E-state index in [1.807, 2.05) is 37.3 Å². The number of nitrogens with zero attached hydrogens (tertiary/aromatic N) is 1. The monoisotopic (exact) mass is 595 g/mol. The van der Waals surface area contributed by atoms with Crippen LogP contribution >= 0.6 is 0 Å². The Morgan fingerprint density at radius 2 is 1.48 bits per heavy atom. The molecule has 0 aliphatic carbocycles. The first-order chi connectivity index (χ1) is 22.6. The van der Waals surface area contributed by atoms with Gasteiger partial charge < -0.3 is 5.73 Å². The molecule has 0 radical (unpaired) electrons. The van der Waals surface area contributed by atoms with Gasteiger partial charge in [0.2, 0.25) is 11.4 Å². The number of fused-ring (bicyclic) bond motifs is 6. The van der Waals surface area contributed by atoms with E-state index in [2.05, 4.69) is 146 Å². The first kappa shape index (κ1) is 30.5. The van der Waals surface area contributed by atoms with Gasteiger partial charge in [0.1, 0.15) is 0 Å². The molecule has 6 aromatic carbocycles. The zero-order valence-corrected chi connectivity index (χ0v) is 26.5. The third-order valence-corrected chi connectivity index (χ3v) is 8.38. The van der Waals surface area contributed by atoms with Crippen LogP contribution in [0.1, 0.15) is 18.1 Å². The summed E-state index contributed by atoms with van der Waals surface area (Å²) >= 11 is 0. The van der Waals surface area contributed by atoms with Crippen molar-refractivity contribution in [2.45, 2.75) is 13.8 Å². The molecule has 0 bridgehead atoms. The first-order valence-electron chi connectivity index (χ1n) is 15.8. The van der Waals surface area contributed by atoms with Gasteiger partial charge in [-0.3, -0.25) is 0 Å². The fourth-order valence-electron chi connectivity index (χ4n) is 6.14. The lowest BCUT2D eigenvalue weighted by Gasteiger charge is -2.08. The van der Waals surface area contributed by atoms with Crippen LogP contribution in [0.5, 0.6) is 0 Å². The smallest absolute Gasteiger partial charge is 0.227 e. The SMILES string of the molecule is C=C/C=C(\CN)c1ccc2c3c(ccc2c1)-c1ccc(-c2cccc4ccccc24)cc1[N+]3=C/C=C\C=C/C.Cc1ccccc1. The molecule has 6 aromatic rings. The Balaban J connectivity index is 0.000000471. The van der Waals surface area contributed by atoms with Crippen molar-refractivity contribution >= 4 is 44.7 Å². The Morgan fingerprint density at radius 3 is 2.24 bits per heavy atom. The molecule has 0 saturated heterocycles. The fourth-order valence-corrected chi connectivity index (χ4v) is 6.14. The number of hydrogen-bond acceptors (Lipinski definition) is 1. The average Bonchev–Trinajstić information content (AvgIpc) is 3.42. The molecule has 0 unspecified atom stereocenters. The molecular weight excluding hydrogens is 556 g/mol. The molecule has 0 atom stereocenters. The molecular formula is C44H39N2+. The van der Waals surface area contributed by atoms with E-state index in [9.17, 15) is 0 Å². The highest BCUT2D eigenvalue weighted by atomic mass is 15.0. The van der Waals surface area contributed by atoms with Crippen LogP contribution in [0.15, 0.2) is 164 Å². The summed E-state index contributed by atoms with van der Waals surface area (Å²) in [7, 11) is 0. The molecule has 7 rings (SSSR count). The molecule has 46 heavy (non-hydrogen) atoms. The van der Waals surface area contributed by atoms with Crippen LogP contribution in [0.4, 0.5) is 11.4 Å². The molecule has 0 spiro atoms. The van der Waals surface area contributed by atoms with Crippen LogP contribution < -0.4 is 10.3 Å². The van der Waals surface area contributed by atoms with Crippen molar-refractivity contribution in [3.8, 4) is 22.3 Å². The number of rotatable bonds is 6. The third kappa shape index (κ3) is 6.17. The van der Waals surface area contributed by atoms with Gasteiger partial charge in [0, 0.05) is 18.7 Å². The highest BCUT2D eigenvalue weighted by Gasteiger charge is 2.33. The van der Waals surface area contributed by atoms with E-state index in [-0.39, 0.29) is 0 Å². The quantitative estimate of drug-likeness (QED) is 0.150. The normalized spacial score (nSPS) is 13.3. The summed E-state index contributed by atoms with van der Waals surface area (Å²) < 4.78 is 2.34. The second-order valence-electron chi connectivity index (χ2n) is 11.4. The minimum atomic E-state index is 0.473. The largest absolute Gasteiger partial charge is 0.326 e. The van der Waals surface area contributed by atoms with Gasteiger partial charge in [-0.2, -0.15) is 4.58 Å². The van der Waals surface area contributed by atoms with Crippen molar-refractivity contribution in [2.24, 2.45) is 5.73 Å². The van der Waals surface area contributed by atoms with E-state index in [0.717, 1.165) is 11.1 Å². The number of benzene rings is 6. The molecule has 2 N–H and O–H groups in total. The van der Waals surface area contributed by atoms with Gasteiger partial charge in [-0.05, 0) is 76.5 Å². The fraction of sp³-hybridized carbons (Fsp3) is 0.0682. The van der Waals surface area contributed by atoms with E-state index >= 15 is 0 Å². The second-order valence-corrected chi connectivity index (χ2v) is 11.4. The van der Waals surface area contributed by atoms with Gasteiger partial charge >= 0.3 is 0 Å². The molecule has 0 aromatic heterocycles. The van der Waals surface area contributed by atoms with Gasteiger partial charge in [0.15, 0.2) is 6.21 Å². The van der Waals surface area contributed by atoms with Crippen LogP contribution in [-0.4, -0.2) is 12.8 Å². The summed E-state index contributed by atoms with van der Waals surface area (Å²) in [4.78, 5) is 0. The van der Waals surface area contributed by atoms with Crippen molar-refractivity contribution in [3.63, 3.8) is 0 Å². The molecule has 224 valence electrons. The lowest BCUT2D eigenvalue weighted by atomic mass is 9.95. The van der Waals surface area contributed by atoms with Crippen LogP contribution in [0.25, 0.3) is 49.4 Å². The Labute approximate surface area is 272 Å². The lowest BCUT2D eigenvalue weighted by molar-refractivity contribution is 1.15. The summed E-state index contributed by atoms with van der Waals surface area (Å²) in [6.07, 6.45) is 14.2.